The van der Waals surface area contributed by atoms with Crippen LogP contribution in [-0.4, -0.2) is 57.2 Å². The SMILES string of the molecule is COc1ccccc1CC(=O)NCCCN1CCNCC1.Cl. The minimum absolute atomic E-state index is 0. The van der Waals surface area contributed by atoms with Crippen LogP contribution >= 0.6 is 12.4 Å². The quantitative estimate of drug-likeness (QED) is 0.736. The van der Waals surface area contributed by atoms with E-state index in [2.05, 4.69) is 15.5 Å². The number of piperazine rings is 1. The highest BCUT2D eigenvalue weighted by Gasteiger charge is 2.10. The van der Waals surface area contributed by atoms with Crippen LogP contribution in [0.1, 0.15) is 12.0 Å². The van der Waals surface area contributed by atoms with Crippen molar-refractivity contribution in [3.05, 3.63) is 29.8 Å². The summed E-state index contributed by atoms with van der Waals surface area (Å²) < 4.78 is 5.26. The van der Waals surface area contributed by atoms with E-state index in [-0.39, 0.29) is 18.3 Å². The molecule has 2 rings (SSSR count). The molecule has 1 aromatic rings. The van der Waals surface area contributed by atoms with Crippen molar-refractivity contribution in [2.75, 3.05) is 46.4 Å². The first-order valence-electron chi connectivity index (χ1n) is 7.61. The minimum atomic E-state index is 0. The van der Waals surface area contributed by atoms with E-state index in [0.29, 0.717) is 6.42 Å². The fourth-order valence-electron chi connectivity index (χ4n) is 2.55. The van der Waals surface area contributed by atoms with Crippen molar-refractivity contribution in [1.82, 2.24) is 15.5 Å². The van der Waals surface area contributed by atoms with E-state index in [0.717, 1.165) is 57.0 Å². The molecule has 0 saturated carbocycles. The Morgan fingerprint density at radius 2 is 2.05 bits per heavy atom. The summed E-state index contributed by atoms with van der Waals surface area (Å²) in [4.78, 5) is 14.4. The van der Waals surface area contributed by atoms with Gasteiger partial charge in [-0.05, 0) is 19.0 Å². The van der Waals surface area contributed by atoms with Crippen molar-refractivity contribution < 1.29 is 9.53 Å². The number of halogens is 1. The lowest BCUT2D eigenvalue weighted by atomic mass is 10.1. The van der Waals surface area contributed by atoms with Gasteiger partial charge >= 0.3 is 0 Å². The molecule has 0 bridgehead atoms. The largest absolute Gasteiger partial charge is 0.496 e. The van der Waals surface area contributed by atoms with E-state index < -0.39 is 0 Å². The highest BCUT2D eigenvalue weighted by molar-refractivity contribution is 5.85. The summed E-state index contributed by atoms with van der Waals surface area (Å²) in [5, 5.41) is 6.32. The van der Waals surface area contributed by atoms with Crippen LogP contribution in [0.2, 0.25) is 0 Å². The van der Waals surface area contributed by atoms with Crippen molar-refractivity contribution in [2.45, 2.75) is 12.8 Å². The van der Waals surface area contributed by atoms with Crippen molar-refractivity contribution in [3.63, 3.8) is 0 Å². The van der Waals surface area contributed by atoms with Gasteiger partial charge in [0.25, 0.3) is 0 Å². The van der Waals surface area contributed by atoms with Gasteiger partial charge in [0, 0.05) is 38.3 Å². The van der Waals surface area contributed by atoms with Crippen LogP contribution in [0, 0.1) is 0 Å². The Balaban J connectivity index is 0.00000242. The van der Waals surface area contributed by atoms with Crippen LogP contribution < -0.4 is 15.4 Å². The lowest BCUT2D eigenvalue weighted by Gasteiger charge is -2.27. The molecule has 1 aromatic carbocycles. The van der Waals surface area contributed by atoms with Gasteiger partial charge < -0.3 is 20.3 Å². The van der Waals surface area contributed by atoms with Gasteiger partial charge in [0.15, 0.2) is 0 Å². The Kier molecular flexibility index (Phi) is 8.89. The van der Waals surface area contributed by atoms with Gasteiger partial charge in [-0.2, -0.15) is 0 Å². The molecule has 0 atom stereocenters. The molecule has 22 heavy (non-hydrogen) atoms. The van der Waals surface area contributed by atoms with Gasteiger partial charge in [-0.3, -0.25) is 4.79 Å². The molecular weight excluding hydrogens is 302 g/mol. The molecule has 1 fully saturated rings. The number of para-hydroxylation sites is 1. The third kappa shape index (κ3) is 6.22. The lowest BCUT2D eigenvalue weighted by molar-refractivity contribution is -0.120. The number of amides is 1. The van der Waals surface area contributed by atoms with Crippen LogP contribution in [0.5, 0.6) is 5.75 Å². The third-order valence-corrected chi connectivity index (χ3v) is 3.73. The number of carbonyl (C=O) groups excluding carboxylic acids is 1. The zero-order valence-corrected chi connectivity index (χ0v) is 14.0. The lowest BCUT2D eigenvalue weighted by Crippen LogP contribution is -2.44. The Hall–Kier alpha value is -1.30. The monoisotopic (exact) mass is 327 g/mol. The molecule has 1 aliphatic rings. The zero-order chi connectivity index (χ0) is 14.9. The Morgan fingerprint density at radius 3 is 2.77 bits per heavy atom. The minimum Gasteiger partial charge on any atom is -0.496 e. The summed E-state index contributed by atoms with van der Waals surface area (Å²) in [6.45, 7) is 6.14. The Morgan fingerprint density at radius 1 is 1.32 bits per heavy atom. The summed E-state index contributed by atoms with van der Waals surface area (Å²) in [6, 6.07) is 7.65. The molecule has 1 amide bonds. The molecule has 6 heteroatoms. The normalized spacial score (nSPS) is 15.0. The van der Waals surface area contributed by atoms with Crippen LogP contribution in [-0.2, 0) is 11.2 Å². The number of ether oxygens (including phenoxy) is 1. The van der Waals surface area contributed by atoms with E-state index in [1.54, 1.807) is 7.11 Å². The van der Waals surface area contributed by atoms with E-state index in [1.807, 2.05) is 24.3 Å². The van der Waals surface area contributed by atoms with Gasteiger partial charge in [-0.1, -0.05) is 18.2 Å². The van der Waals surface area contributed by atoms with Gasteiger partial charge in [0.2, 0.25) is 5.91 Å². The van der Waals surface area contributed by atoms with Gasteiger partial charge in [-0.15, -0.1) is 12.4 Å². The molecule has 5 nitrogen and oxygen atoms in total. The van der Waals surface area contributed by atoms with E-state index in [4.69, 9.17) is 4.74 Å². The van der Waals surface area contributed by atoms with Crippen LogP contribution in [0.25, 0.3) is 0 Å². The van der Waals surface area contributed by atoms with Gasteiger partial charge in [0.1, 0.15) is 5.75 Å². The van der Waals surface area contributed by atoms with E-state index in [9.17, 15) is 4.79 Å². The molecule has 0 unspecified atom stereocenters. The average Bonchev–Trinajstić information content (AvgIpc) is 2.53. The first-order valence-corrected chi connectivity index (χ1v) is 7.61. The predicted molar refractivity (Wildman–Crippen MR) is 90.9 cm³/mol. The summed E-state index contributed by atoms with van der Waals surface area (Å²) in [6.07, 6.45) is 1.37. The topological polar surface area (TPSA) is 53.6 Å². The molecule has 0 aliphatic carbocycles. The molecule has 0 radical (unpaired) electrons. The fourth-order valence-corrected chi connectivity index (χ4v) is 2.55. The van der Waals surface area contributed by atoms with Crippen LogP contribution in [0.4, 0.5) is 0 Å². The maximum absolute atomic E-state index is 11.9. The number of nitrogens with zero attached hydrogens (tertiary/aromatic N) is 1. The van der Waals surface area contributed by atoms with Crippen LogP contribution in [0.3, 0.4) is 0 Å². The molecule has 2 N–H and O–H groups in total. The fraction of sp³-hybridized carbons (Fsp3) is 0.562. The second kappa shape index (κ2) is 10.4. The summed E-state index contributed by atoms with van der Waals surface area (Å²) in [5.41, 5.74) is 0.930. The molecule has 124 valence electrons. The Bertz CT molecular complexity index is 451. The van der Waals surface area contributed by atoms with Crippen molar-refractivity contribution in [1.29, 1.82) is 0 Å². The van der Waals surface area contributed by atoms with E-state index in [1.165, 1.54) is 0 Å². The summed E-state index contributed by atoms with van der Waals surface area (Å²) in [7, 11) is 1.63. The predicted octanol–water partition coefficient (Wildman–Crippen LogP) is 1.07. The number of methoxy groups -OCH3 is 1. The smallest absolute Gasteiger partial charge is 0.224 e. The Labute approximate surface area is 138 Å². The number of benzene rings is 1. The molecule has 1 aliphatic heterocycles. The summed E-state index contributed by atoms with van der Waals surface area (Å²) >= 11 is 0. The second-order valence-electron chi connectivity index (χ2n) is 5.28. The molecule has 1 saturated heterocycles. The highest BCUT2D eigenvalue weighted by Crippen LogP contribution is 2.17. The van der Waals surface area contributed by atoms with Gasteiger partial charge in [0.05, 0.1) is 13.5 Å². The molecule has 1 heterocycles. The summed E-state index contributed by atoms with van der Waals surface area (Å²) in [5.74, 6) is 0.827. The number of nitrogens with one attached hydrogen (secondary N) is 2. The standard InChI is InChI=1S/C16H25N3O2.ClH/c1-21-15-6-3-2-5-14(15)13-16(20)18-7-4-10-19-11-8-17-9-12-19;/h2-3,5-6,17H,4,7-13H2,1H3,(H,18,20);1H. The van der Waals surface area contributed by atoms with Gasteiger partial charge in [-0.25, -0.2) is 0 Å². The number of rotatable bonds is 7. The van der Waals surface area contributed by atoms with Crippen molar-refractivity contribution in [2.24, 2.45) is 0 Å². The maximum atomic E-state index is 11.9. The maximum Gasteiger partial charge on any atom is 0.224 e. The average molecular weight is 328 g/mol. The molecule has 0 spiro atoms. The molecular formula is C16H26ClN3O2. The first kappa shape index (κ1) is 18.7. The van der Waals surface area contributed by atoms with Crippen molar-refractivity contribution in [3.8, 4) is 5.75 Å². The van der Waals surface area contributed by atoms with E-state index >= 15 is 0 Å². The number of hydrogen-bond donors (Lipinski definition) is 2. The zero-order valence-electron chi connectivity index (χ0n) is 13.1. The third-order valence-electron chi connectivity index (χ3n) is 3.73. The number of hydrogen-bond acceptors (Lipinski definition) is 4. The van der Waals surface area contributed by atoms with Crippen LogP contribution in [0.15, 0.2) is 24.3 Å². The van der Waals surface area contributed by atoms with Crippen molar-refractivity contribution >= 4 is 18.3 Å². The first-order chi connectivity index (χ1) is 10.3. The second-order valence-corrected chi connectivity index (χ2v) is 5.28. The molecule has 0 aromatic heterocycles. The number of carbonyl (C=O) groups is 1. The highest BCUT2D eigenvalue weighted by atomic mass is 35.5.